The molecule has 3 atom stereocenters. The number of piperidine rings is 1. The summed E-state index contributed by atoms with van der Waals surface area (Å²) in [5, 5.41) is 2.20. The summed E-state index contributed by atoms with van der Waals surface area (Å²) in [6.45, 7) is 10.7. The zero-order valence-electron chi connectivity index (χ0n) is 13.4. The van der Waals surface area contributed by atoms with Gasteiger partial charge in [0.05, 0.1) is 27.2 Å². The summed E-state index contributed by atoms with van der Waals surface area (Å²) in [5.74, 6) is 1.63. The van der Waals surface area contributed by atoms with Crippen LogP contribution in [0.25, 0.3) is 0 Å². The maximum atomic E-state index is 12.4. The number of nitrogens with two attached hydrogens (primary N) is 1. The van der Waals surface area contributed by atoms with Gasteiger partial charge in [0.2, 0.25) is 0 Å². The van der Waals surface area contributed by atoms with Crippen LogP contribution >= 0.6 is 0 Å². The van der Waals surface area contributed by atoms with E-state index in [-0.39, 0.29) is 6.04 Å². The van der Waals surface area contributed by atoms with Gasteiger partial charge in [0, 0.05) is 19.5 Å². The minimum atomic E-state index is 0.0784. The van der Waals surface area contributed by atoms with Gasteiger partial charge in [-0.1, -0.05) is 13.8 Å². The summed E-state index contributed by atoms with van der Waals surface area (Å²) in [6, 6.07) is 0.0784. The van der Waals surface area contributed by atoms with Gasteiger partial charge in [0.1, 0.15) is 0 Å². The smallest absolute Gasteiger partial charge is 0.280 e. The highest BCUT2D eigenvalue weighted by Gasteiger charge is 2.29. The normalized spacial score (nSPS) is 25.7. The maximum Gasteiger partial charge on any atom is 0.280 e. The number of carbonyl (C=O) groups is 1. The monoisotopic (exact) mass is 271 g/mol. The molecule has 0 unspecified atom stereocenters. The predicted octanol–water partition coefficient (Wildman–Crippen LogP) is -1.02. The molecule has 1 aliphatic rings. The summed E-state index contributed by atoms with van der Waals surface area (Å²) in [5.41, 5.74) is 0. The van der Waals surface area contributed by atoms with Gasteiger partial charge in [-0.15, -0.1) is 0 Å². The molecule has 1 amide bonds. The number of hydrogen-bond donors (Lipinski definition) is 2. The largest absolute Gasteiger partial charge is 0.340 e. The first kappa shape index (κ1) is 16.4. The van der Waals surface area contributed by atoms with E-state index in [1.807, 2.05) is 0 Å². The first-order valence-corrected chi connectivity index (χ1v) is 7.81. The summed E-state index contributed by atoms with van der Waals surface area (Å²) in [7, 11) is 4.34. The van der Waals surface area contributed by atoms with Crippen LogP contribution in [0, 0.1) is 11.8 Å². The van der Waals surface area contributed by atoms with Crippen LogP contribution in [0.5, 0.6) is 0 Å². The van der Waals surface area contributed by atoms with Crippen LogP contribution < -0.4 is 10.2 Å². The van der Waals surface area contributed by atoms with Crippen LogP contribution in [0.15, 0.2) is 0 Å². The van der Waals surface area contributed by atoms with Crippen molar-refractivity contribution in [2.24, 2.45) is 11.8 Å². The molecule has 0 saturated carbocycles. The molecule has 3 N–H and O–H groups in total. The summed E-state index contributed by atoms with van der Waals surface area (Å²) in [6.07, 6.45) is 2.43. The number of nitrogens with one attached hydrogen (secondary N) is 1. The lowest BCUT2D eigenvalue weighted by molar-refractivity contribution is -0.860. The van der Waals surface area contributed by atoms with Crippen molar-refractivity contribution in [3.05, 3.63) is 0 Å². The molecule has 19 heavy (non-hydrogen) atoms. The molecule has 0 radical (unpaired) electrons. The number of likely N-dealkylation sites (tertiary alicyclic amines) is 1. The first-order valence-electron chi connectivity index (χ1n) is 7.81. The van der Waals surface area contributed by atoms with Crippen LogP contribution in [0.4, 0.5) is 0 Å². The third-order valence-corrected chi connectivity index (χ3v) is 3.97. The molecule has 1 heterocycles. The molecule has 4 heteroatoms. The molecule has 1 rings (SSSR count). The van der Waals surface area contributed by atoms with Crippen molar-refractivity contribution < 1.29 is 15.0 Å². The number of amides is 1. The Kier molecular flexibility index (Phi) is 6.80. The Morgan fingerprint density at radius 3 is 2.42 bits per heavy atom. The molecule has 0 aromatic carbocycles. The molecule has 0 bridgehead atoms. The summed E-state index contributed by atoms with van der Waals surface area (Å²) < 4.78 is 0. The van der Waals surface area contributed by atoms with Crippen LogP contribution in [0.2, 0.25) is 0 Å². The van der Waals surface area contributed by atoms with Crippen molar-refractivity contribution in [3.8, 4) is 0 Å². The SMILES string of the molecule is C[C@H]1C[C@H](C)CN(C(=O)[C@@H](C)[NH2+]CCC[NH+](C)C)C1. The van der Waals surface area contributed by atoms with Crippen molar-refractivity contribution >= 4 is 5.91 Å². The zero-order valence-corrected chi connectivity index (χ0v) is 13.4. The third-order valence-electron chi connectivity index (χ3n) is 3.97. The second-order valence-electron chi connectivity index (χ2n) is 6.81. The fraction of sp³-hybridized carbons (Fsp3) is 0.933. The Bertz CT molecular complexity index is 271. The van der Waals surface area contributed by atoms with Gasteiger partial charge < -0.3 is 15.1 Å². The molecule has 0 aromatic heterocycles. The number of carbonyl (C=O) groups excluding carboxylic acids is 1. The van der Waals surface area contributed by atoms with E-state index in [2.05, 4.69) is 45.1 Å². The predicted molar refractivity (Wildman–Crippen MR) is 78.1 cm³/mol. The van der Waals surface area contributed by atoms with E-state index in [0.717, 1.165) is 19.6 Å². The van der Waals surface area contributed by atoms with Crippen LogP contribution in [-0.2, 0) is 4.79 Å². The van der Waals surface area contributed by atoms with E-state index in [4.69, 9.17) is 0 Å². The Morgan fingerprint density at radius 2 is 1.89 bits per heavy atom. The van der Waals surface area contributed by atoms with Crippen molar-refractivity contribution in [1.29, 1.82) is 0 Å². The number of nitrogens with zero attached hydrogens (tertiary/aromatic N) is 1. The molecular formula is C15H33N3O+2. The molecule has 1 aliphatic heterocycles. The Morgan fingerprint density at radius 1 is 1.32 bits per heavy atom. The molecule has 0 aromatic rings. The average Bonchev–Trinajstić information content (AvgIpc) is 2.32. The second-order valence-corrected chi connectivity index (χ2v) is 6.81. The van der Waals surface area contributed by atoms with Gasteiger partial charge in [-0.05, 0) is 25.2 Å². The highest BCUT2D eigenvalue weighted by molar-refractivity contribution is 5.80. The molecule has 1 fully saturated rings. The van der Waals surface area contributed by atoms with Crippen molar-refractivity contribution in [2.75, 3.05) is 40.3 Å². The lowest BCUT2D eigenvalue weighted by Gasteiger charge is -2.35. The van der Waals surface area contributed by atoms with Gasteiger partial charge >= 0.3 is 0 Å². The lowest BCUT2D eigenvalue weighted by atomic mass is 9.91. The van der Waals surface area contributed by atoms with Gasteiger partial charge in [0.25, 0.3) is 5.91 Å². The summed E-state index contributed by atoms with van der Waals surface area (Å²) >= 11 is 0. The van der Waals surface area contributed by atoms with Crippen LogP contribution in [-0.4, -0.2) is 57.1 Å². The molecule has 4 nitrogen and oxygen atoms in total. The van der Waals surface area contributed by atoms with Crippen molar-refractivity contribution in [2.45, 2.75) is 39.7 Å². The summed E-state index contributed by atoms with van der Waals surface area (Å²) in [4.78, 5) is 16.0. The van der Waals surface area contributed by atoms with E-state index in [9.17, 15) is 4.79 Å². The molecule has 112 valence electrons. The van der Waals surface area contributed by atoms with Crippen LogP contribution in [0.1, 0.15) is 33.6 Å². The van der Waals surface area contributed by atoms with Crippen molar-refractivity contribution in [1.82, 2.24) is 4.90 Å². The minimum Gasteiger partial charge on any atom is -0.340 e. The van der Waals surface area contributed by atoms with E-state index in [1.165, 1.54) is 24.3 Å². The molecule has 1 saturated heterocycles. The van der Waals surface area contributed by atoms with Gasteiger partial charge in [-0.2, -0.15) is 0 Å². The van der Waals surface area contributed by atoms with Crippen molar-refractivity contribution in [3.63, 3.8) is 0 Å². The average molecular weight is 271 g/mol. The van der Waals surface area contributed by atoms with Gasteiger partial charge in [0.15, 0.2) is 6.04 Å². The highest BCUT2D eigenvalue weighted by Crippen LogP contribution is 2.21. The second kappa shape index (κ2) is 7.85. The zero-order chi connectivity index (χ0) is 14.4. The van der Waals surface area contributed by atoms with E-state index in [0.29, 0.717) is 17.7 Å². The quantitative estimate of drug-likeness (QED) is 0.597. The van der Waals surface area contributed by atoms with Crippen LogP contribution in [0.3, 0.4) is 0 Å². The Labute approximate surface area is 118 Å². The number of quaternary nitrogens is 2. The van der Waals surface area contributed by atoms with E-state index in [1.54, 1.807) is 0 Å². The Hall–Kier alpha value is -0.610. The minimum absolute atomic E-state index is 0.0784. The number of rotatable bonds is 6. The van der Waals surface area contributed by atoms with E-state index >= 15 is 0 Å². The molecular weight excluding hydrogens is 238 g/mol. The Balaban J connectivity index is 2.31. The standard InChI is InChI=1S/C15H31N3O/c1-12-9-13(2)11-18(10-12)15(19)14(3)16-7-6-8-17(4)5/h12-14,16H,6-11H2,1-5H3/p+2/t12-,13-,14+/m0/s1. The van der Waals surface area contributed by atoms with E-state index < -0.39 is 0 Å². The highest BCUT2D eigenvalue weighted by atomic mass is 16.2. The fourth-order valence-electron chi connectivity index (χ4n) is 3.06. The lowest BCUT2D eigenvalue weighted by Crippen LogP contribution is -3.06. The molecule has 0 aliphatic carbocycles. The maximum absolute atomic E-state index is 12.4. The fourth-order valence-corrected chi connectivity index (χ4v) is 3.06. The molecule has 0 spiro atoms. The third kappa shape index (κ3) is 5.91. The van der Waals surface area contributed by atoms with Gasteiger partial charge in [-0.3, -0.25) is 4.79 Å². The number of hydrogen-bond acceptors (Lipinski definition) is 1. The topological polar surface area (TPSA) is 41.4 Å². The first-order chi connectivity index (χ1) is 8.90. The van der Waals surface area contributed by atoms with Gasteiger partial charge in [-0.25, -0.2) is 0 Å².